The fourth-order valence-electron chi connectivity index (χ4n) is 3.66. The molecule has 2 aromatic carbocycles. The summed E-state index contributed by atoms with van der Waals surface area (Å²) in [6, 6.07) is 9.86. The van der Waals surface area contributed by atoms with Crippen molar-refractivity contribution in [3.8, 4) is 12.1 Å². The van der Waals surface area contributed by atoms with Gasteiger partial charge in [-0.2, -0.15) is 23.7 Å². The van der Waals surface area contributed by atoms with Gasteiger partial charge in [0.15, 0.2) is 8.32 Å². The average molecular weight is 560 g/mol. The van der Waals surface area contributed by atoms with Crippen LogP contribution in [-0.2, 0) is 15.4 Å². The Morgan fingerprint density at radius 2 is 1.62 bits per heavy atom. The number of hydrazine groups is 1. The second-order valence-electron chi connectivity index (χ2n) is 10.7. The molecular weight excluding hydrogens is 527 g/mol. The van der Waals surface area contributed by atoms with Gasteiger partial charge in [-0.1, -0.05) is 20.8 Å². The molecule has 2 rings (SSSR count). The highest BCUT2D eigenvalue weighted by atomic mass is 28.4. The second kappa shape index (κ2) is 11.6. The minimum Gasteiger partial charge on any atom is -0.412 e. The number of alkyl halides is 3. The van der Waals surface area contributed by atoms with Crippen LogP contribution in [0.1, 0.15) is 60.3 Å². The summed E-state index contributed by atoms with van der Waals surface area (Å²) < 4.78 is 47.8. The van der Waals surface area contributed by atoms with Crippen molar-refractivity contribution in [1.82, 2.24) is 5.01 Å². The summed E-state index contributed by atoms with van der Waals surface area (Å²) in [4.78, 5) is 26.6. The van der Waals surface area contributed by atoms with E-state index in [0.717, 1.165) is 6.07 Å². The summed E-state index contributed by atoms with van der Waals surface area (Å²) in [6.07, 6.45) is -5.73. The molecule has 2 aromatic rings. The Morgan fingerprint density at radius 3 is 2.08 bits per heavy atom. The molecule has 208 valence electrons. The first-order chi connectivity index (χ1) is 17.9. The first-order valence-corrected chi connectivity index (χ1v) is 14.9. The molecule has 12 heteroatoms. The van der Waals surface area contributed by atoms with Crippen LogP contribution in [0, 0.1) is 29.6 Å². The standard InChI is InChI=1S/C27H32F3N5O3Si/c1-16-21(13-12-20(15-32)22(16)27(28,29)30)34-23(17(2)38-39(6,7)26(3,4)5)25(37)35(33)24(36)19-10-8-18(14-31)9-11-19/h8-13,17,23,34H,33H2,1-7H3/t17-,23+/m0/s1. The zero-order valence-corrected chi connectivity index (χ0v) is 23.9. The highest BCUT2D eigenvalue weighted by molar-refractivity contribution is 6.74. The Kier molecular flexibility index (Phi) is 9.35. The van der Waals surface area contributed by atoms with Gasteiger partial charge in [-0.25, -0.2) is 10.9 Å². The van der Waals surface area contributed by atoms with E-state index in [4.69, 9.17) is 15.5 Å². The predicted molar refractivity (Wildman–Crippen MR) is 143 cm³/mol. The van der Waals surface area contributed by atoms with E-state index in [-0.39, 0.29) is 21.9 Å². The molecule has 8 nitrogen and oxygen atoms in total. The number of hydrogen-bond acceptors (Lipinski definition) is 7. The normalized spacial score (nSPS) is 13.6. The van der Waals surface area contributed by atoms with Gasteiger partial charge >= 0.3 is 6.18 Å². The minimum atomic E-state index is -4.82. The molecule has 2 atom stereocenters. The van der Waals surface area contributed by atoms with Gasteiger partial charge in [0.25, 0.3) is 11.8 Å². The summed E-state index contributed by atoms with van der Waals surface area (Å²) >= 11 is 0. The smallest absolute Gasteiger partial charge is 0.412 e. The highest BCUT2D eigenvalue weighted by Gasteiger charge is 2.43. The molecule has 0 fully saturated rings. The fourth-order valence-corrected chi connectivity index (χ4v) is 5.08. The molecule has 0 radical (unpaired) electrons. The number of carbonyl (C=O) groups is 2. The Bertz CT molecular complexity index is 1320. The van der Waals surface area contributed by atoms with Gasteiger partial charge in [0.1, 0.15) is 6.04 Å². The maximum Gasteiger partial charge on any atom is 0.418 e. The molecule has 3 N–H and O–H groups in total. The monoisotopic (exact) mass is 559 g/mol. The van der Waals surface area contributed by atoms with Crippen LogP contribution in [0.5, 0.6) is 0 Å². The molecule has 0 spiro atoms. The third-order valence-electron chi connectivity index (χ3n) is 6.92. The molecule has 0 aliphatic rings. The van der Waals surface area contributed by atoms with Crippen molar-refractivity contribution < 1.29 is 27.2 Å². The summed E-state index contributed by atoms with van der Waals surface area (Å²) in [6.45, 7) is 12.6. The third kappa shape index (κ3) is 7.03. The Hall–Kier alpha value is -3.71. The van der Waals surface area contributed by atoms with Crippen molar-refractivity contribution in [3.63, 3.8) is 0 Å². The molecule has 0 bridgehead atoms. The number of hydrogen-bond donors (Lipinski definition) is 2. The van der Waals surface area contributed by atoms with Crippen molar-refractivity contribution in [2.75, 3.05) is 5.32 Å². The van der Waals surface area contributed by atoms with Gasteiger partial charge in [-0.05, 0) is 73.9 Å². The van der Waals surface area contributed by atoms with Crippen molar-refractivity contribution >= 4 is 25.8 Å². The second-order valence-corrected chi connectivity index (χ2v) is 15.4. The summed E-state index contributed by atoms with van der Waals surface area (Å²) in [5.41, 5.74) is -1.71. The van der Waals surface area contributed by atoms with Crippen LogP contribution in [0.2, 0.25) is 18.1 Å². The van der Waals surface area contributed by atoms with Crippen molar-refractivity contribution in [2.45, 2.75) is 71.1 Å². The van der Waals surface area contributed by atoms with Gasteiger partial charge < -0.3 is 9.74 Å². The molecule has 0 aliphatic carbocycles. The average Bonchev–Trinajstić information content (AvgIpc) is 2.84. The molecule has 0 aromatic heterocycles. The van der Waals surface area contributed by atoms with Gasteiger partial charge in [0.05, 0.1) is 34.9 Å². The summed E-state index contributed by atoms with van der Waals surface area (Å²) in [5.74, 6) is 4.14. The largest absolute Gasteiger partial charge is 0.418 e. The summed E-state index contributed by atoms with van der Waals surface area (Å²) in [5, 5.41) is 21.1. The van der Waals surface area contributed by atoms with E-state index in [2.05, 4.69) is 5.32 Å². The van der Waals surface area contributed by atoms with Crippen LogP contribution < -0.4 is 11.2 Å². The van der Waals surface area contributed by atoms with Crippen LogP contribution >= 0.6 is 0 Å². The number of nitriles is 2. The first-order valence-electron chi connectivity index (χ1n) is 12.0. The van der Waals surface area contributed by atoms with Crippen LogP contribution in [0.15, 0.2) is 36.4 Å². The number of anilines is 1. The van der Waals surface area contributed by atoms with Gasteiger partial charge in [-0.3, -0.25) is 9.59 Å². The number of carbonyl (C=O) groups excluding carboxylic acids is 2. The number of nitrogens with one attached hydrogen (secondary N) is 1. The van der Waals surface area contributed by atoms with Crippen LogP contribution in [-0.4, -0.2) is 37.3 Å². The maximum atomic E-state index is 13.8. The number of nitrogens with zero attached hydrogens (tertiary/aromatic N) is 3. The molecule has 39 heavy (non-hydrogen) atoms. The first kappa shape index (κ1) is 31.5. The molecule has 0 aliphatic heterocycles. The highest BCUT2D eigenvalue weighted by Crippen LogP contribution is 2.39. The molecule has 0 heterocycles. The molecular formula is C27H32F3N5O3Si. The van der Waals surface area contributed by atoms with Crippen molar-refractivity contribution in [1.29, 1.82) is 10.5 Å². The number of imide groups is 1. The molecule has 0 unspecified atom stereocenters. The number of rotatable bonds is 7. The molecule has 2 amide bonds. The molecule has 0 saturated heterocycles. The molecule has 0 saturated carbocycles. The fraction of sp³-hybridized carbons (Fsp3) is 0.407. The number of halogens is 3. The SMILES string of the molecule is Cc1c(N[C@@H](C(=O)N(N)C(=O)c2ccc(C#N)cc2)[C@H](C)O[Si](C)(C)C(C)(C)C)ccc(C#N)c1C(F)(F)F. The number of amides is 2. The minimum absolute atomic E-state index is 0.0375. The van der Waals surface area contributed by atoms with Gasteiger partial charge in [-0.15, -0.1) is 0 Å². The van der Waals surface area contributed by atoms with Gasteiger partial charge in [0.2, 0.25) is 0 Å². The van der Waals surface area contributed by atoms with Crippen LogP contribution in [0.3, 0.4) is 0 Å². The third-order valence-corrected chi connectivity index (χ3v) is 11.5. The Morgan fingerprint density at radius 1 is 1.05 bits per heavy atom. The quantitative estimate of drug-likeness (QED) is 0.198. The maximum absolute atomic E-state index is 13.8. The zero-order chi connectivity index (χ0) is 29.9. The zero-order valence-electron chi connectivity index (χ0n) is 22.9. The van der Waals surface area contributed by atoms with E-state index < -0.39 is 49.6 Å². The topological polar surface area (TPSA) is 132 Å². The number of nitrogens with two attached hydrogens (primary N) is 1. The van der Waals surface area contributed by atoms with E-state index in [1.165, 1.54) is 37.3 Å². The van der Waals surface area contributed by atoms with Crippen molar-refractivity contribution in [3.05, 3.63) is 64.2 Å². The van der Waals surface area contributed by atoms with E-state index in [9.17, 15) is 28.0 Å². The van der Waals surface area contributed by atoms with E-state index in [1.807, 2.05) is 39.9 Å². The lowest BCUT2D eigenvalue weighted by Gasteiger charge is -2.40. The van der Waals surface area contributed by atoms with Gasteiger partial charge in [0, 0.05) is 11.3 Å². The number of benzene rings is 2. The summed E-state index contributed by atoms with van der Waals surface area (Å²) in [7, 11) is -2.49. The Balaban J connectivity index is 2.55. The predicted octanol–water partition coefficient (Wildman–Crippen LogP) is 5.49. The van der Waals surface area contributed by atoms with Crippen LogP contribution in [0.25, 0.3) is 0 Å². The van der Waals surface area contributed by atoms with Crippen LogP contribution in [0.4, 0.5) is 18.9 Å². The lowest BCUT2D eigenvalue weighted by Crippen LogP contribution is -2.56. The van der Waals surface area contributed by atoms with Crippen molar-refractivity contribution in [2.24, 2.45) is 5.84 Å². The van der Waals surface area contributed by atoms with E-state index in [1.54, 1.807) is 13.0 Å². The van der Waals surface area contributed by atoms with E-state index in [0.29, 0.717) is 10.6 Å². The van der Waals surface area contributed by atoms with E-state index >= 15 is 0 Å². The lowest BCUT2D eigenvalue weighted by molar-refractivity contribution is -0.138. The lowest BCUT2D eigenvalue weighted by atomic mass is 9.99. The Labute approximate surface area is 227 Å².